The molecule has 1 N–H and O–H groups in total. The van der Waals surface area contributed by atoms with E-state index in [1.807, 2.05) is 74.5 Å². The molecule has 0 aliphatic carbocycles. The van der Waals surface area contributed by atoms with E-state index in [0.717, 1.165) is 23.1 Å². The molecular weight excluding hydrogens is 467 g/mol. The maximum Gasteiger partial charge on any atom is 0.243 e. The van der Waals surface area contributed by atoms with Crippen molar-refractivity contribution in [2.75, 3.05) is 0 Å². The van der Waals surface area contributed by atoms with Crippen LogP contribution in [0.4, 0.5) is 0 Å². The average molecular weight is 497 g/mol. The van der Waals surface area contributed by atoms with Crippen molar-refractivity contribution in [3.05, 3.63) is 106 Å². The summed E-state index contributed by atoms with van der Waals surface area (Å²) < 4.78 is 0. The van der Waals surface area contributed by atoms with Crippen LogP contribution < -0.4 is 5.32 Å². The molecule has 0 heterocycles. The zero-order valence-corrected chi connectivity index (χ0v) is 21.0. The fraction of sp³-hybridized carbons (Fsp3) is 0.286. The molecule has 0 saturated carbocycles. The lowest BCUT2D eigenvalue weighted by atomic mass is 10.0. The predicted molar refractivity (Wildman–Crippen MR) is 139 cm³/mol. The van der Waals surface area contributed by atoms with E-state index in [1.165, 1.54) is 0 Å². The zero-order valence-electron chi connectivity index (χ0n) is 19.5. The quantitative estimate of drug-likeness (QED) is 0.369. The van der Waals surface area contributed by atoms with E-state index in [4.69, 9.17) is 23.2 Å². The minimum Gasteiger partial charge on any atom is -0.352 e. The van der Waals surface area contributed by atoms with Gasteiger partial charge in [-0.25, -0.2) is 0 Å². The summed E-state index contributed by atoms with van der Waals surface area (Å²) in [5.74, 6) is -0.341. The van der Waals surface area contributed by atoms with Gasteiger partial charge in [0.2, 0.25) is 11.8 Å². The third-order valence-corrected chi connectivity index (χ3v) is 6.42. The van der Waals surface area contributed by atoms with Crippen LogP contribution in [0.15, 0.2) is 78.9 Å². The number of benzene rings is 3. The highest BCUT2D eigenvalue weighted by Gasteiger charge is 2.31. The number of rotatable bonds is 10. The van der Waals surface area contributed by atoms with E-state index < -0.39 is 6.04 Å². The van der Waals surface area contributed by atoms with Gasteiger partial charge in [-0.1, -0.05) is 90.8 Å². The maximum absolute atomic E-state index is 13.7. The van der Waals surface area contributed by atoms with E-state index in [1.54, 1.807) is 23.1 Å². The Kier molecular flexibility index (Phi) is 9.55. The Bertz CT molecular complexity index is 1100. The fourth-order valence-corrected chi connectivity index (χ4v) is 4.14. The second-order valence-corrected chi connectivity index (χ2v) is 9.29. The van der Waals surface area contributed by atoms with Crippen LogP contribution in [0.25, 0.3) is 0 Å². The zero-order chi connectivity index (χ0) is 24.5. The molecule has 6 heteroatoms. The topological polar surface area (TPSA) is 49.4 Å². The van der Waals surface area contributed by atoms with Crippen LogP contribution in [0.5, 0.6) is 0 Å². The molecule has 0 aliphatic heterocycles. The minimum absolute atomic E-state index is 0.00373. The molecule has 0 bridgehead atoms. The van der Waals surface area contributed by atoms with E-state index in [2.05, 4.69) is 5.32 Å². The lowest BCUT2D eigenvalue weighted by Crippen LogP contribution is -2.52. The fourth-order valence-electron chi connectivity index (χ4n) is 3.73. The molecule has 3 rings (SSSR count). The lowest BCUT2D eigenvalue weighted by Gasteiger charge is -2.32. The summed E-state index contributed by atoms with van der Waals surface area (Å²) in [7, 11) is 0. The molecule has 178 valence electrons. The van der Waals surface area contributed by atoms with E-state index in [0.29, 0.717) is 16.5 Å². The summed E-state index contributed by atoms with van der Waals surface area (Å²) in [6.45, 7) is 4.21. The van der Waals surface area contributed by atoms with Crippen molar-refractivity contribution >= 4 is 35.0 Å². The van der Waals surface area contributed by atoms with Gasteiger partial charge >= 0.3 is 0 Å². The highest BCUT2D eigenvalue weighted by atomic mass is 35.5. The molecule has 3 aromatic rings. The smallest absolute Gasteiger partial charge is 0.243 e. The van der Waals surface area contributed by atoms with Crippen LogP contribution in [-0.4, -0.2) is 28.8 Å². The van der Waals surface area contributed by atoms with Gasteiger partial charge in [-0.05, 0) is 48.2 Å². The third-order valence-electron chi connectivity index (χ3n) is 5.82. The van der Waals surface area contributed by atoms with Gasteiger partial charge in [0.05, 0.1) is 6.42 Å². The Morgan fingerprint density at radius 1 is 0.912 bits per heavy atom. The van der Waals surface area contributed by atoms with Crippen molar-refractivity contribution < 1.29 is 9.59 Å². The summed E-state index contributed by atoms with van der Waals surface area (Å²) >= 11 is 12.6. The maximum atomic E-state index is 13.7. The molecule has 0 unspecified atom stereocenters. The number of halogens is 2. The number of nitrogens with one attached hydrogen (secondary N) is 1. The Labute approximate surface area is 211 Å². The Morgan fingerprint density at radius 2 is 1.59 bits per heavy atom. The first-order valence-electron chi connectivity index (χ1n) is 11.5. The number of hydrogen-bond acceptors (Lipinski definition) is 2. The molecule has 0 aliphatic rings. The van der Waals surface area contributed by atoms with Crippen LogP contribution >= 0.6 is 23.2 Å². The first kappa shape index (κ1) is 25.8. The molecular formula is C28H30Cl2N2O2. The highest BCUT2D eigenvalue weighted by molar-refractivity contribution is 6.31. The van der Waals surface area contributed by atoms with Crippen molar-refractivity contribution in [2.45, 2.75) is 51.7 Å². The summed E-state index contributed by atoms with van der Waals surface area (Å²) in [4.78, 5) is 28.8. The number of hydrogen-bond donors (Lipinski definition) is 1. The van der Waals surface area contributed by atoms with Crippen LogP contribution in [0.1, 0.15) is 37.0 Å². The molecule has 0 spiro atoms. The molecule has 0 saturated heterocycles. The minimum atomic E-state index is -0.695. The number of carbonyl (C=O) groups is 2. The normalized spacial score (nSPS) is 12.6. The molecule has 34 heavy (non-hydrogen) atoms. The van der Waals surface area contributed by atoms with Crippen molar-refractivity contribution in [3.63, 3.8) is 0 Å². The first-order valence-corrected chi connectivity index (χ1v) is 12.2. The predicted octanol–water partition coefficient (Wildman–Crippen LogP) is 6.09. The van der Waals surface area contributed by atoms with Gasteiger partial charge in [-0.3, -0.25) is 9.59 Å². The van der Waals surface area contributed by atoms with Crippen molar-refractivity contribution in [1.29, 1.82) is 0 Å². The molecule has 0 aromatic heterocycles. The summed E-state index contributed by atoms with van der Waals surface area (Å²) in [5.41, 5.74) is 2.56. The molecule has 2 atom stereocenters. The monoisotopic (exact) mass is 496 g/mol. The summed E-state index contributed by atoms with van der Waals surface area (Å²) in [6, 6.07) is 23.7. The Morgan fingerprint density at radius 3 is 2.26 bits per heavy atom. The lowest BCUT2D eigenvalue weighted by molar-refractivity contribution is -0.141. The first-order chi connectivity index (χ1) is 16.4. The van der Waals surface area contributed by atoms with E-state index >= 15 is 0 Å². The average Bonchev–Trinajstić information content (AvgIpc) is 2.82. The summed E-state index contributed by atoms with van der Waals surface area (Å²) in [5, 5.41) is 4.20. The van der Waals surface area contributed by atoms with Gasteiger partial charge < -0.3 is 10.2 Å². The molecule has 4 nitrogen and oxygen atoms in total. The standard InChI is InChI=1S/C28H30Cl2N2O2/c1-3-20(2)31-28(34)26(17-21-10-5-4-6-11-21)32(19-23-13-7-8-15-25(23)30)27(33)18-22-12-9-14-24(29)16-22/h4-16,20,26H,3,17-19H2,1-2H3,(H,31,34)/t20-,26-/m1/s1. The van der Waals surface area contributed by atoms with Crippen LogP contribution in [0.3, 0.4) is 0 Å². The largest absolute Gasteiger partial charge is 0.352 e. The van der Waals surface area contributed by atoms with Gasteiger partial charge in [0.1, 0.15) is 6.04 Å². The van der Waals surface area contributed by atoms with Gasteiger partial charge in [-0.2, -0.15) is 0 Å². The third kappa shape index (κ3) is 7.34. The van der Waals surface area contributed by atoms with Gasteiger partial charge in [0.15, 0.2) is 0 Å². The highest BCUT2D eigenvalue weighted by Crippen LogP contribution is 2.22. The molecule has 3 aromatic carbocycles. The van der Waals surface area contributed by atoms with Gasteiger partial charge in [0.25, 0.3) is 0 Å². The van der Waals surface area contributed by atoms with Crippen molar-refractivity contribution in [3.8, 4) is 0 Å². The van der Waals surface area contributed by atoms with Crippen LogP contribution in [0.2, 0.25) is 10.0 Å². The Hall–Kier alpha value is -2.82. The molecule has 0 radical (unpaired) electrons. The van der Waals surface area contributed by atoms with E-state index in [9.17, 15) is 9.59 Å². The SMILES string of the molecule is CC[C@@H](C)NC(=O)[C@@H](Cc1ccccc1)N(Cc1ccccc1Cl)C(=O)Cc1cccc(Cl)c1. The van der Waals surface area contributed by atoms with Gasteiger partial charge in [0, 0.05) is 29.1 Å². The van der Waals surface area contributed by atoms with Crippen molar-refractivity contribution in [2.24, 2.45) is 0 Å². The summed E-state index contributed by atoms with van der Waals surface area (Å²) in [6.07, 6.45) is 1.33. The Balaban J connectivity index is 1.98. The molecule has 2 amide bonds. The van der Waals surface area contributed by atoms with Crippen LogP contribution in [-0.2, 0) is 29.0 Å². The second-order valence-electron chi connectivity index (χ2n) is 8.44. The second kappa shape index (κ2) is 12.6. The van der Waals surface area contributed by atoms with E-state index in [-0.39, 0.29) is 30.8 Å². The number of amides is 2. The van der Waals surface area contributed by atoms with Gasteiger partial charge in [-0.15, -0.1) is 0 Å². The van der Waals surface area contributed by atoms with Crippen molar-refractivity contribution in [1.82, 2.24) is 10.2 Å². The number of nitrogens with zero attached hydrogens (tertiary/aromatic N) is 1. The number of carbonyl (C=O) groups excluding carboxylic acids is 2. The van der Waals surface area contributed by atoms with Crippen LogP contribution in [0, 0.1) is 0 Å². The molecule has 0 fully saturated rings.